The van der Waals surface area contributed by atoms with Crippen LogP contribution in [0.1, 0.15) is 32.7 Å². The second-order valence-electron chi connectivity index (χ2n) is 10.4. The number of amides is 1. The number of hydrogen-bond acceptors (Lipinski definition) is 4. The molecule has 0 saturated heterocycles. The van der Waals surface area contributed by atoms with Gasteiger partial charge in [0.2, 0.25) is 0 Å². The van der Waals surface area contributed by atoms with Gasteiger partial charge in [0.25, 0.3) is 5.91 Å². The zero-order valence-corrected chi connectivity index (χ0v) is 22.8. The molecule has 0 radical (unpaired) electrons. The van der Waals surface area contributed by atoms with Crippen molar-refractivity contribution in [2.45, 2.75) is 32.4 Å². The number of aryl methyl sites for hydroxylation is 2. The van der Waals surface area contributed by atoms with Gasteiger partial charge >= 0.3 is 12.5 Å². The minimum atomic E-state index is -4.94. The molecule has 1 aliphatic heterocycles. The summed E-state index contributed by atoms with van der Waals surface area (Å²) in [5.74, 6) is -0.888. The molecule has 0 spiro atoms. The lowest BCUT2D eigenvalue weighted by Crippen LogP contribution is -2.37. The van der Waals surface area contributed by atoms with E-state index in [1.54, 1.807) is 12.3 Å². The lowest BCUT2D eigenvalue weighted by Gasteiger charge is -2.30. The van der Waals surface area contributed by atoms with Gasteiger partial charge < -0.3 is 9.64 Å². The van der Waals surface area contributed by atoms with Crippen LogP contribution in [0.2, 0.25) is 0 Å². The van der Waals surface area contributed by atoms with Gasteiger partial charge in [0, 0.05) is 42.8 Å². The molecule has 0 saturated carbocycles. The molecule has 0 unspecified atom stereocenters. The minimum absolute atomic E-state index is 0.0499. The predicted octanol–water partition coefficient (Wildman–Crippen LogP) is 7.05. The highest BCUT2D eigenvalue weighted by atomic mass is 19.4. The molecule has 0 atom stereocenters. The molecule has 6 rings (SSSR count). The highest BCUT2D eigenvalue weighted by Gasteiger charge is 2.39. The number of rotatable bonds is 5. The van der Waals surface area contributed by atoms with Gasteiger partial charge in [-0.15, -0.1) is 13.2 Å². The first-order valence-electron chi connectivity index (χ1n) is 13.1. The second kappa shape index (κ2) is 10.2. The van der Waals surface area contributed by atoms with Gasteiger partial charge in [0.05, 0.1) is 11.7 Å². The van der Waals surface area contributed by atoms with Crippen molar-refractivity contribution < 1.29 is 35.9 Å². The molecule has 5 aromatic rings. The molecule has 0 bridgehead atoms. The van der Waals surface area contributed by atoms with Crippen LogP contribution in [0, 0.1) is 6.92 Å². The Morgan fingerprint density at radius 3 is 2.51 bits per heavy atom. The summed E-state index contributed by atoms with van der Waals surface area (Å²) in [6.07, 6.45) is -6.54. The maximum atomic E-state index is 13.7. The van der Waals surface area contributed by atoms with E-state index in [0.29, 0.717) is 33.2 Å². The zero-order valence-electron chi connectivity index (χ0n) is 22.8. The number of alkyl halides is 6. The number of halogens is 6. The van der Waals surface area contributed by atoms with E-state index in [9.17, 15) is 31.1 Å². The summed E-state index contributed by atoms with van der Waals surface area (Å²) in [5.41, 5.74) is 2.77. The molecule has 1 aliphatic rings. The van der Waals surface area contributed by atoms with E-state index < -0.39 is 29.9 Å². The first-order chi connectivity index (χ1) is 20.3. The van der Waals surface area contributed by atoms with Gasteiger partial charge in [0.15, 0.2) is 5.69 Å². The number of carbonyl (C=O) groups excluding carboxylic acids is 1. The number of H-pyrrole nitrogens is 1. The van der Waals surface area contributed by atoms with E-state index in [4.69, 9.17) is 0 Å². The van der Waals surface area contributed by atoms with Crippen LogP contribution in [-0.4, -0.2) is 43.7 Å². The van der Waals surface area contributed by atoms with Crippen LogP contribution < -0.4 is 4.74 Å². The van der Waals surface area contributed by atoms with Gasteiger partial charge in [-0.05, 0) is 77.1 Å². The summed E-state index contributed by atoms with van der Waals surface area (Å²) in [5, 5.41) is 11.2. The van der Waals surface area contributed by atoms with Crippen molar-refractivity contribution in [3.05, 3.63) is 88.9 Å². The number of nitrogens with zero attached hydrogens (tertiary/aromatic N) is 4. The summed E-state index contributed by atoms with van der Waals surface area (Å²) in [4.78, 5) is 15.1. The first-order valence-corrected chi connectivity index (χ1v) is 13.1. The number of aromatic amines is 1. The van der Waals surface area contributed by atoms with Crippen molar-refractivity contribution in [1.29, 1.82) is 0 Å². The molecule has 222 valence electrons. The van der Waals surface area contributed by atoms with Crippen molar-refractivity contribution >= 4 is 16.8 Å². The molecule has 7 nitrogen and oxygen atoms in total. The fourth-order valence-electron chi connectivity index (χ4n) is 5.69. The molecule has 13 heteroatoms. The van der Waals surface area contributed by atoms with Crippen molar-refractivity contribution in [2.24, 2.45) is 7.05 Å². The number of aromatic nitrogens is 4. The van der Waals surface area contributed by atoms with Gasteiger partial charge in [0.1, 0.15) is 5.75 Å². The van der Waals surface area contributed by atoms with Crippen LogP contribution in [-0.2, 0) is 26.2 Å². The highest BCUT2D eigenvalue weighted by molar-refractivity contribution is 5.99. The third kappa shape index (κ3) is 5.42. The Hall–Kier alpha value is -4.81. The maximum Gasteiger partial charge on any atom is 0.573 e. The van der Waals surface area contributed by atoms with Gasteiger partial charge in [-0.3, -0.25) is 14.6 Å². The molecule has 0 fully saturated rings. The zero-order chi connectivity index (χ0) is 30.7. The first kappa shape index (κ1) is 28.3. The molecule has 3 heterocycles. The SMILES string of the molecule is Cc1ccc2[nH]ncc2c1-c1cc(CN2CCc3c(cccc3-c3cn(C)nc3C(F)(F)F)C2=O)cc(OC(F)(F)F)c1. The summed E-state index contributed by atoms with van der Waals surface area (Å²) >= 11 is 0. The second-order valence-corrected chi connectivity index (χ2v) is 10.4. The van der Waals surface area contributed by atoms with E-state index in [2.05, 4.69) is 20.0 Å². The molecule has 2 aromatic heterocycles. The fourth-order valence-corrected chi connectivity index (χ4v) is 5.69. The van der Waals surface area contributed by atoms with Crippen molar-refractivity contribution in [3.8, 4) is 28.0 Å². The lowest BCUT2D eigenvalue weighted by molar-refractivity contribution is -0.274. The smallest absolute Gasteiger partial charge is 0.406 e. The Kier molecular flexibility index (Phi) is 6.70. The van der Waals surface area contributed by atoms with Gasteiger partial charge in [-0.1, -0.05) is 18.2 Å². The lowest BCUT2D eigenvalue weighted by atomic mass is 9.90. The molecule has 43 heavy (non-hydrogen) atoms. The van der Waals surface area contributed by atoms with E-state index in [0.717, 1.165) is 10.2 Å². The van der Waals surface area contributed by atoms with E-state index in [1.165, 1.54) is 48.5 Å². The summed E-state index contributed by atoms with van der Waals surface area (Å²) < 4.78 is 86.3. The van der Waals surface area contributed by atoms with Crippen LogP contribution in [0.4, 0.5) is 26.3 Å². The van der Waals surface area contributed by atoms with Gasteiger partial charge in [-0.25, -0.2) is 0 Å². The normalized spacial score (nSPS) is 14.0. The fraction of sp³-hybridized carbons (Fsp3) is 0.233. The minimum Gasteiger partial charge on any atom is -0.406 e. The monoisotopic (exact) mass is 599 g/mol. The number of fused-ring (bicyclic) bond motifs is 2. The topological polar surface area (TPSA) is 76.0 Å². The highest BCUT2D eigenvalue weighted by Crippen LogP contribution is 2.40. The average molecular weight is 600 g/mol. The van der Waals surface area contributed by atoms with Gasteiger partial charge in [-0.2, -0.15) is 23.4 Å². The summed E-state index contributed by atoms with van der Waals surface area (Å²) in [6, 6.07) is 12.4. The Balaban J connectivity index is 1.37. The molecule has 1 N–H and O–H groups in total. The predicted molar refractivity (Wildman–Crippen MR) is 145 cm³/mol. The Morgan fingerprint density at radius 1 is 1.00 bits per heavy atom. The third-order valence-corrected chi connectivity index (χ3v) is 7.41. The number of benzene rings is 3. The number of nitrogens with one attached hydrogen (secondary N) is 1. The molecule has 1 amide bonds. The van der Waals surface area contributed by atoms with Crippen molar-refractivity contribution in [3.63, 3.8) is 0 Å². The Bertz CT molecular complexity index is 1870. The van der Waals surface area contributed by atoms with E-state index in [-0.39, 0.29) is 36.2 Å². The Labute approximate surface area is 240 Å². The molecule has 0 aliphatic carbocycles. The number of hydrogen-bond donors (Lipinski definition) is 1. The molecule has 3 aromatic carbocycles. The van der Waals surface area contributed by atoms with Crippen LogP contribution in [0.3, 0.4) is 0 Å². The van der Waals surface area contributed by atoms with Crippen LogP contribution in [0.15, 0.2) is 60.9 Å². The van der Waals surface area contributed by atoms with E-state index in [1.807, 2.05) is 19.1 Å². The molecular formula is C30H23F6N5O2. The summed E-state index contributed by atoms with van der Waals surface area (Å²) in [6.45, 7) is 1.92. The number of carbonyl (C=O) groups is 1. The Morgan fingerprint density at radius 2 is 1.77 bits per heavy atom. The quantitative estimate of drug-likeness (QED) is 0.220. The average Bonchev–Trinajstić information content (AvgIpc) is 3.55. The third-order valence-electron chi connectivity index (χ3n) is 7.41. The molecular weight excluding hydrogens is 576 g/mol. The van der Waals surface area contributed by atoms with E-state index >= 15 is 0 Å². The standard InChI is InChI=1S/C30H23F6N5O2/c1-16-6-7-25-23(13-37-38-25)26(16)18-10-17(11-19(12-18)43-30(34,35)36)14-41-9-8-21-20(4-3-5-22(21)28(41)42)24-15-40(2)39-27(24)29(31,32)33/h3-7,10-13,15H,8-9,14H2,1-2H3,(H,37,38). The van der Waals surface area contributed by atoms with Crippen molar-refractivity contribution in [1.82, 2.24) is 24.9 Å². The largest absolute Gasteiger partial charge is 0.573 e. The number of ether oxygens (including phenoxy) is 1. The van der Waals surface area contributed by atoms with Crippen LogP contribution >= 0.6 is 0 Å². The van der Waals surface area contributed by atoms with Crippen molar-refractivity contribution in [2.75, 3.05) is 6.54 Å². The van der Waals surface area contributed by atoms with Crippen LogP contribution in [0.5, 0.6) is 5.75 Å². The maximum absolute atomic E-state index is 13.7. The van der Waals surface area contributed by atoms with Crippen LogP contribution in [0.25, 0.3) is 33.2 Å². The summed E-state index contributed by atoms with van der Waals surface area (Å²) in [7, 11) is 1.39.